The van der Waals surface area contributed by atoms with Gasteiger partial charge in [0.05, 0.1) is 6.20 Å². The van der Waals surface area contributed by atoms with Crippen molar-refractivity contribution in [2.45, 2.75) is 13.3 Å². The summed E-state index contributed by atoms with van der Waals surface area (Å²) in [6.45, 7) is 2.10. The Morgan fingerprint density at radius 1 is 1.21 bits per heavy atom. The molecule has 0 aliphatic heterocycles. The van der Waals surface area contributed by atoms with E-state index >= 15 is 0 Å². The quantitative estimate of drug-likeness (QED) is 0.720. The van der Waals surface area contributed by atoms with Crippen molar-refractivity contribution in [1.29, 1.82) is 0 Å². The summed E-state index contributed by atoms with van der Waals surface area (Å²) in [4.78, 5) is 4.35. The van der Waals surface area contributed by atoms with Crippen molar-refractivity contribution in [3.63, 3.8) is 0 Å². The third-order valence-electron chi connectivity index (χ3n) is 2.23. The summed E-state index contributed by atoms with van der Waals surface area (Å²) in [5.74, 6) is 0. The van der Waals surface area contributed by atoms with Crippen LogP contribution in [0.4, 0.5) is 0 Å². The second-order valence-electron chi connectivity index (χ2n) is 3.29. The van der Waals surface area contributed by atoms with Gasteiger partial charge in [-0.3, -0.25) is 9.67 Å². The van der Waals surface area contributed by atoms with Crippen LogP contribution in [-0.4, -0.2) is 14.8 Å². The first-order valence-corrected chi connectivity index (χ1v) is 4.73. The van der Waals surface area contributed by atoms with Gasteiger partial charge in [0.2, 0.25) is 0 Å². The van der Waals surface area contributed by atoms with Gasteiger partial charge in [0.15, 0.2) is 0 Å². The maximum absolute atomic E-state index is 4.35. The minimum absolute atomic E-state index is 0.979. The van der Waals surface area contributed by atoms with Crippen LogP contribution >= 0.6 is 0 Å². The molecular formula is C11H13N3. The van der Waals surface area contributed by atoms with E-state index < -0.39 is 0 Å². The average molecular weight is 187 g/mol. The maximum atomic E-state index is 4.35. The van der Waals surface area contributed by atoms with Crippen LogP contribution in [-0.2, 0) is 13.5 Å². The van der Waals surface area contributed by atoms with Crippen molar-refractivity contribution < 1.29 is 0 Å². The largest absolute Gasteiger partial charge is 0.275 e. The van der Waals surface area contributed by atoms with E-state index in [0.29, 0.717) is 0 Å². The predicted octanol–water partition coefficient (Wildman–Crippen LogP) is 2.04. The van der Waals surface area contributed by atoms with Crippen molar-refractivity contribution in [3.8, 4) is 11.1 Å². The van der Waals surface area contributed by atoms with E-state index in [4.69, 9.17) is 0 Å². The number of aromatic nitrogens is 3. The van der Waals surface area contributed by atoms with Gasteiger partial charge in [-0.1, -0.05) is 13.0 Å². The first-order valence-electron chi connectivity index (χ1n) is 4.73. The molecule has 3 nitrogen and oxygen atoms in total. The molecule has 0 saturated heterocycles. The lowest BCUT2D eigenvalue weighted by atomic mass is 10.1. The summed E-state index contributed by atoms with van der Waals surface area (Å²) in [5, 5.41) is 4.12. The minimum atomic E-state index is 0.979. The second-order valence-corrected chi connectivity index (χ2v) is 3.29. The fourth-order valence-electron chi connectivity index (χ4n) is 1.37. The fourth-order valence-corrected chi connectivity index (χ4v) is 1.37. The topological polar surface area (TPSA) is 30.7 Å². The minimum Gasteiger partial charge on any atom is -0.275 e. The molecular weight excluding hydrogens is 174 g/mol. The average Bonchev–Trinajstić information content (AvgIpc) is 2.65. The molecule has 0 spiro atoms. The predicted molar refractivity (Wildman–Crippen MR) is 55.8 cm³/mol. The van der Waals surface area contributed by atoms with Gasteiger partial charge in [0, 0.05) is 36.3 Å². The number of hydrogen-bond donors (Lipinski definition) is 0. The molecule has 0 N–H and O–H groups in total. The van der Waals surface area contributed by atoms with E-state index in [9.17, 15) is 0 Å². The lowest BCUT2D eigenvalue weighted by molar-refractivity contribution is 0.768. The zero-order chi connectivity index (χ0) is 9.97. The van der Waals surface area contributed by atoms with E-state index in [-0.39, 0.29) is 0 Å². The molecule has 2 aromatic heterocycles. The Balaban J connectivity index is 2.33. The Morgan fingerprint density at radius 3 is 2.57 bits per heavy atom. The molecule has 0 radical (unpaired) electrons. The van der Waals surface area contributed by atoms with Crippen LogP contribution in [0.25, 0.3) is 11.1 Å². The molecule has 2 aromatic rings. The van der Waals surface area contributed by atoms with Gasteiger partial charge < -0.3 is 0 Å². The summed E-state index contributed by atoms with van der Waals surface area (Å²) in [6.07, 6.45) is 6.72. The number of hydrogen-bond acceptors (Lipinski definition) is 2. The standard InChI is InChI=1S/C11H13N3/c1-3-11-5-4-9(6-12-11)10-7-13-14(2)8-10/h4-8H,3H2,1-2H3. The van der Waals surface area contributed by atoms with Gasteiger partial charge in [-0.15, -0.1) is 0 Å². The fraction of sp³-hybridized carbons (Fsp3) is 0.273. The molecule has 0 atom stereocenters. The van der Waals surface area contributed by atoms with E-state index in [2.05, 4.69) is 29.1 Å². The molecule has 0 bridgehead atoms. The Hall–Kier alpha value is -1.64. The SMILES string of the molecule is CCc1ccc(-c2cnn(C)c2)cn1. The van der Waals surface area contributed by atoms with Crippen molar-refractivity contribution in [2.24, 2.45) is 7.05 Å². The Bertz CT molecular complexity index is 414. The van der Waals surface area contributed by atoms with Crippen LogP contribution in [0.3, 0.4) is 0 Å². The Kier molecular flexibility index (Phi) is 2.31. The lowest BCUT2D eigenvalue weighted by Gasteiger charge is -1.98. The van der Waals surface area contributed by atoms with E-state index in [0.717, 1.165) is 23.2 Å². The van der Waals surface area contributed by atoms with E-state index in [1.807, 2.05) is 25.6 Å². The summed E-state index contributed by atoms with van der Waals surface area (Å²) in [6, 6.07) is 4.14. The highest BCUT2D eigenvalue weighted by Gasteiger charge is 2.00. The Labute approximate surface area is 83.4 Å². The molecule has 3 heteroatoms. The van der Waals surface area contributed by atoms with E-state index in [1.165, 1.54) is 0 Å². The smallest absolute Gasteiger partial charge is 0.0568 e. The van der Waals surface area contributed by atoms with Crippen LogP contribution in [0.1, 0.15) is 12.6 Å². The maximum Gasteiger partial charge on any atom is 0.0568 e. The molecule has 2 rings (SSSR count). The number of pyridine rings is 1. The van der Waals surface area contributed by atoms with Gasteiger partial charge in [-0.25, -0.2) is 0 Å². The summed E-state index contributed by atoms with van der Waals surface area (Å²) >= 11 is 0. The van der Waals surface area contributed by atoms with Gasteiger partial charge in [0.1, 0.15) is 0 Å². The highest BCUT2D eigenvalue weighted by atomic mass is 15.2. The number of nitrogens with zero attached hydrogens (tertiary/aromatic N) is 3. The summed E-state index contributed by atoms with van der Waals surface area (Å²) in [7, 11) is 1.91. The molecule has 0 aromatic carbocycles. The van der Waals surface area contributed by atoms with E-state index in [1.54, 1.807) is 4.68 Å². The molecule has 0 aliphatic rings. The monoisotopic (exact) mass is 187 g/mol. The highest BCUT2D eigenvalue weighted by molar-refractivity contribution is 5.60. The third kappa shape index (κ3) is 1.66. The molecule has 0 saturated carbocycles. The van der Waals surface area contributed by atoms with Crippen molar-refractivity contribution in [2.75, 3.05) is 0 Å². The van der Waals surface area contributed by atoms with Crippen LogP contribution < -0.4 is 0 Å². The van der Waals surface area contributed by atoms with Gasteiger partial charge in [0.25, 0.3) is 0 Å². The lowest BCUT2D eigenvalue weighted by Crippen LogP contribution is -1.86. The third-order valence-corrected chi connectivity index (χ3v) is 2.23. The first kappa shape index (κ1) is 8.94. The first-order chi connectivity index (χ1) is 6.79. The molecule has 0 unspecified atom stereocenters. The van der Waals surface area contributed by atoms with Crippen LogP contribution in [0.15, 0.2) is 30.7 Å². The molecule has 0 amide bonds. The molecule has 0 aliphatic carbocycles. The number of aryl methyl sites for hydroxylation is 2. The van der Waals surface area contributed by atoms with Gasteiger partial charge in [-0.2, -0.15) is 5.10 Å². The molecule has 72 valence electrons. The zero-order valence-corrected chi connectivity index (χ0v) is 8.44. The van der Waals surface area contributed by atoms with Crippen LogP contribution in [0.5, 0.6) is 0 Å². The molecule has 14 heavy (non-hydrogen) atoms. The molecule has 0 fully saturated rings. The normalized spacial score (nSPS) is 10.4. The van der Waals surface area contributed by atoms with Gasteiger partial charge in [-0.05, 0) is 12.5 Å². The van der Waals surface area contributed by atoms with Crippen molar-refractivity contribution in [3.05, 3.63) is 36.4 Å². The summed E-state index contributed by atoms with van der Waals surface area (Å²) < 4.78 is 1.79. The summed E-state index contributed by atoms with van der Waals surface area (Å²) in [5.41, 5.74) is 3.36. The molecule has 2 heterocycles. The second kappa shape index (κ2) is 3.62. The van der Waals surface area contributed by atoms with Crippen molar-refractivity contribution >= 4 is 0 Å². The zero-order valence-electron chi connectivity index (χ0n) is 8.44. The highest BCUT2D eigenvalue weighted by Crippen LogP contribution is 2.16. The van der Waals surface area contributed by atoms with Gasteiger partial charge >= 0.3 is 0 Å². The number of rotatable bonds is 2. The Morgan fingerprint density at radius 2 is 2.07 bits per heavy atom. The van der Waals surface area contributed by atoms with Crippen molar-refractivity contribution in [1.82, 2.24) is 14.8 Å². The van der Waals surface area contributed by atoms with Crippen LogP contribution in [0, 0.1) is 0 Å². The van der Waals surface area contributed by atoms with Crippen LogP contribution in [0.2, 0.25) is 0 Å².